The van der Waals surface area contributed by atoms with Crippen LogP contribution in [0.4, 0.5) is 5.69 Å². The number of amides is 2. The summed E-state index contributed by atoms with van der Waals surface area (Å²) in [6.07, 6.45) is 2.79. The molecule has 118 valence electrons. The van der Waals surface area contributed by atoms with Crippen LogP contribution >= 0.6 is 0 Å². The molecule has 0 bridgehead atoms. The van der Waals surface area contributed by atoms with Crippen LogP contribution in [0.2, 0.25) is 0 Å². The lowest BCUT2D eigenvalue weighted by molar-refractivity contribution is -0.131. The second-order valence-corrected chi connectivity index (χ2v) is 5.73. The van der Waals surface area contributed by atoms with E-state index < -0.39 is 0 Å². The molecule has 0 unspecified atom stereocenters. The first-order valence-electron chi connectivity index (χ1n) is 7.86. The van der Waals surface area contributed by atoms with Crippen molar-refractivity contribution in [1.29, 1.82) is 0 Å². The number of hydrogen-bond acceptors (Lipinski definition) is 2. The van der Waals surface area contributed by atoms with Crippen LogP contribution in [0, 0.1) is 12.8 Å². The molecular formula is C18H24N2O2. The number of carbonyl (C=O) groups is 2. The molecule has 2 amide bonds. The monoisotopic (exact) mass is 300 g/mol. The largest absolute Gasteiger partial charge is 0.339 e. The van der Waals surface area contributed by atoms with Crippen molar-refractivity contribution < 1.29 is 9.59 Å². The van der Waals surface area contributed by atoms with E-state index in [2.05, 4.69) is 6.58 Å². The van der Waals surface area contributed by atoms with Gasteiger partial charge in [0.15, 0.2) is 0 Å². The Morgan fingerprint density at radius 2 is 2.05 bits per heavy atom. The normalized spacial score (nSPS) is 15.5. The Hall–Kier alpha value is -2.10. The SMILES string of the molecule is C=CC(=O)N1CCC(C(=O)N(CC)c2cccc(C)c2)CC1. The first kappa shape index (κ1) is 16.3. The first-order chi connectivity index (χ1) is 10.6. The van der Waals surface area contributed by atoms with Crippen LogP contribution in [-0.4, -0.2) is 36.3 Å². The summed E-state index contributed by atoms with van der Waals surface area (Å²) in [4.78, 5) is 28.0. The molecule has 1 aliphatic rings. The molecule has 0 aromatic heterocycles. The minimum Gasteiger partial charge on any atom is -0.339 e. The zero-order chi connectivity index (χ0) is 16.1. The Morgan fingerprint density at radius 3 is 2.59 bits per heavy atom. The quantitative estimate of drug-likeness (QED) is 0.802. The van der Waals surface area contributed by atoms with Crippen LogP contribution in [0.3, 0.4) is 0 Å². The lowest BCUT2D eigenvalue weighted by Gasteiger charge is -2.33. The van der Waals surface area contributed by atoms with E-state index in [1.54, 1.807) is 4.90 Å². The Labute approximate surface area is 132 Å². The van der Waals surface area contributed by atoms with Gasteiger partial charge < -0.3 is 9.80 Å². The molecule has 4 nitrogen and oxygen atoms in total. The second kappa shape index (κ2) is 7.25. The highest BCUT2D eigenvalue weighted by atomic mass is 16.2. The van der Waals surface area contributed by atoms with Crippen LogP contribution in [0.15, 0.2) is 36.9 Å². The summed E-state index contributed by atoms with van der Waals surface area (Å²) in [6.45, 7) is 9.46. The fourth-order valence-corrected chi connectivity index (χ4v) is 2.96. The number of piperidine rings is 1. The molecule has 1 aromatic carbocycles. The zero-order valence-electron chi connectivity index (χ0n) is 13.4. The molecule has 0 saturated carbocycles. The molecular weight excluding hydrogens is 276 g/mol. The van der Waals surface area contributed by atoms with Gasteiger partial charge in [-0.2, -0.15) is 0 Å². The molecule has 0 radical (unpaired) electrons. The average molecular weight is 300 g/mol. The zero-order valence-corrected chi connectivity index (χ0v) is 13.4. The van der Waals surface area contributed by atoms with Gasteiger partial charge in [0, 0.05) is 31.2 Å². The van der Waals surface area contributed by atoms with Crippen LogP contribution in [0.5, 0.6) is 0 Å². The number of anilines is 1. The highest BCUT2D eigenvalue weighted by molar-refractivity contribution is 5.95. The molecule has 1 aromatic rings. The van der Waals surface area contributed by atoms with Crippen molar-refractivity contribution in [3.8, 4) is 0 Å². The maximum Gasteiger partial charge on any atom is 0.245 e. The van der Waals surface area contributed by atoms with Gasteiger partial charge in [-0.25, -0.2) is 0 Å². The van der Waals surface area contributed by atoms with E-state index in [1.807, 2.05) is 43.0 Å². The minimum atomic E-state index is -0.0445. The summed E-state index contributed by atoms with van der Waals surface area (Å²) in [7, 11) is 0. The van der Waals surface area contributed by atoms with Crippen molar-refractivity contribution >= 4 is 17.5 Å². The lowest BCUT2D eigenvalue weighted by atomic mass is 9.95. The summed E-state index contributed by atoms with van der Waals surface area (Å²) >= 11 is 0. The maximum absolute atomic E-state index is 12.8. The molecule has 0 aliphatic carbocycles. The molecule has 0 atom stereocenters. The van der Waals surface area contributed by atoms with Gasteiger partial charge in [0.1, 0.15) is 0 Å². The predicted molar refractivity (Wildman–Crippen MR) is 88.7 cm³/mol. The topological polar surface area (TPSA) is 40.6 Å². The molecule has 2 rings (SSSR count). The Kier molecular flexibility index (Phi) is 5.36. The lowest BCUT2D eigenvalue weighted by Crippen LogP contribution is -2.44. The molecule has 1 heterocycles. The fourth-order valence-electron chi connectivity index (χ4n) is 2.96. The molecule has 0 N–H and O–H groups in total. The van der Waals surface area contributed by atoms with Crippen molar-refractivity contribution in [1.82, 2.24) is 4.90 Å². The molecule has 4 heteroatoms. The number of carbonyl (C=O) groups excluding carboxylic acids is 2. The van der Waals surface area contributed by atoms with Gasteiger partial charge in [0.05, 0.1) is 0 Å². The number of hydrogen-bond donors (Lipinski definition) is 0. The number of benzene rings is 1. The van der Waals surface area contributed by atoms with Gasteiger partial charge >= 0.3 is 0 Å². The minimum absolute atomic E-state index is 0.00525. The average Bonchev–Trinajstić information content (AvgIpc) is 2.55. The summed E-state index contributed by atoms with van der Waals surface area (Å²) in [5.74, 6) is 0.116. The van der Waals surface area contributed by atoms with Crippen LogP contribution < -0.4 is 4.90 Å². The predicted octanol–water partition coefficient (Wildman–Crippen LogP) is 2.77. The Morgan fingerprint density at radius 1 is 1.36 bits per heavy atom. The van der Waals surface area contributed by atoms with Crippen molar-refractivity contribution in [3.05, 3.63) is 42.5 Å². The number of likely N-dealkylation sites (tertiary alicyclic amines) is 1. The smallest absolute Gasteiger partial charge is 0.245 e. The number of nitrogens with zero attached hydrogens (tertiary/aromatic N) is 2. The van der Waals surface area contributed by atoms with Crippen LogP contribution in [0.25, 0.3) is 0 Å². The molecule has 0 spiro atoms. The van der Waals surface area contributed by atoms with Gasteiger partial charge in [0.25, 0.3) is 0 Å². The highest BCUT2D eigenvalue weighted by Gasteiger charge is 2.29. The molecule has 1 aliphatic heterocycles. The fraction of sp³-hybridized carbons (Fsp3) is 0.444. The molecule has 1 fully saturated rings. The van der Waals surface area contributed by atoms with Crippen molar-refractivity contribution in [2.24, 2.45) is 5.92 Å². The van der Waals surface area contributed by atoms with Crippen molar-refractivity contribution in [2.45, 2.75) is 26.7 Å². The van der Waals surface area contributed by atoms with Gasteiger partial charge in [-0.05, 0) is 50.5 Å². The van der Waals surface area contributed by atoms with E-state index in [4.69, 9.17) is 0 Å². The third kappa shape index (κ3) is 3.56. The van der Waals surface area contributed by atoms with E-state index in [0.29, 0.717) is 19.6 Å². The van der Waals surface area contributed by atoms with Gasteiger partial charge in [-0.15, -0.1) is 0 Å². The molecule has 1 saturated heterocycles. The third-order valence-electron chi connectivity index (χ3n) is 4.23. The highest BCUT2D eigenvalue weighted by Crippen LogP contribution is 2.24. The van der Waals surface area contributed by atoms with E-state index >= 15 is 0 Å². The van der Waals surface area contributed by atoms with E-state index in [9.17, 15) is 9.59 Å². The van der Waals surface area contributed by atoms with Crippen molar-refractivity contribution in [3.63, 3.8) is 0 Å². The Bertz CT molecular complexity index is 560. The summed E-state index contributed by atoms with van der Waals surface area (Å²) in [5, 5.41) is 0. The van der Waals surface area contributed by atoms with Crippen LogP contribution in [0.1, 0.15) is 25.3 Å². The summed E-state index contributed by atoms with van der Waals surface area (Å²) in [5.41, 5.74) is 2.10. The van der Waals surface area contributed by atoms with Crippen LogP contribution in [-0.2, 0) is 9.59 Å². The van der Waals surface area contributed by atoms with E-state index in [0.717, 1.165) is 24.1 Å². The number of rotatable bonds is 4. The van der Waals surface area contributed by atoms with E-state index in [-0.39, 0.29) is 17.7 Å². The third-order valence-corrected chi connectivity index (χ3v) is 4.23. The summed E-state index contributed by atoms with van der Waals surface area (Å²) in [6, 6.07) is 8.02. The van der Waals surface area contributed by atoms with Gasteiger partial charge in [-0.1, -0.05) is 18.7 Å². The second-order valence-electron chi connectivity index (χ2n) is 5.73. The summed E-state index contributed by atoms with van der Waals surface area (Å²) < 4.78 is 0. The standard InChI is InChI=1S/C18H24N2O2/c1-4-17(21)19-11-9-15(10-12-19)18(22)20(5-2)16-8-6-7-14(3)13-16/h4,6-8,13,15H,1,5,9-12H2,2-3H3. The maximum atomic E-state index is 12.8. The Balaban J connectivity index is 2.04. The van der Waals surface area contributed by atoms with Crippen molar-refractivity contribution in [2.75, 3.05) is 24.5 Å². The van der Waals surface area contributed by atoms with Gasteiger partial charge in [-0.3, -0.25) is 9.59 Å². The first-order valence-corrected chi connectivity index (χ1v) is 7.86. The molecule has 22 heavy (non-hydrogen) atoms. The van der Waals surface area contributed by atoms with E-state index in [1.165, 1.54) is 6.08 Å². The van der Waals surface area contributed by atoms with Gasteiger partial charge in [0.2, 0.25) is 11.8 Å². The number of aryl methyl sites for hydroxylation is 1.